The highest BCUT2D eigenvalue weighted by molar-refractivity contribution is 6.04. The number of benzene rings is 1. The molecule has 1 aromatic rings. The Hall–Kier alpha value is -3.43. The van der Waals surface area contributed by atoms with E-state index in [2.05, 4.69) is 0 Å². The first kappa shape index (κ1) is 15.9. The summed E-state index contributed by atoms with van der Waals surface area (Å²) >= 11 is 0. The first-order valence-electron chi connectivity index (χ1n) is 6.24. The van der Waals surface area contributed by atoms with Crippen molar-refractivity contribution in [1.82, 2.24) is 0 Å². The predicted octanol–water partition coefficient (Wildman–Crippen LogP) is 1.61. The second-order valence-corrected chi connectivity index (χ2v) is 4.77. The third kappa shape index (κ3) is 2.81. The van der Waals surface area contributed by atoms with Gasteiger partial charge in [0, 0.05) is 10.5 Å². The average Bonchev–Trinajstić information content (AvgIpc) is 2.54. The second kappa shape index (κ2) is 5.75. The summed E-state index contributed by atoms with van der Waals surface area (Å²) in [5.41, 5.74) is -4.27. The fourth-order valence-corrected chi connectivity index (χ4v) is 2.24. The molecule has 0 N–H and O–H groups in total. The second-order valence-electron chi connectivity index (χ2n) is 4.77. The van der Waals surface area contributed by atoms with Crippen LogP contribution in [0.15, 0.2) is 53.9 Å². The van der Waals surface area contributed by atoms with E-state index in [0.717, 1.165) is 0 Å². The van der Waals surface area contributed by atoms with E-state index in [4.69, 9.17) is 0 Å². The number of Topliss-reactive ketones (excluding diaryl/α,β-unsaturated/α-hetero) is 1. The first-order chi connectivity index (χ1) is 10.8. The van der Waals surface area contributed by atoms with Crippen LogP contribution < -0.4 is 0 Å². The van der Waals surface area contributed by atoms with Crippen molar-refractivity contribution in [2.24, 2.45) is 0 Å². The monoisotopic (exact) mass is 319 g/mol. The van der Waals surface area contributed by atoms with Crippen molar-refractivity contribution in [2.75, 3.05) is 0 Å². The Labute approximate surface area is 128 Å². The number of nitrogens with zero attached hydrogens (tertiary/aromatic N) is 3. The lowest BCUT2D eigenvalue weighted by atomic mass is 9.82. The zero-order chi connectivity index (χ0) is 17.2. The summed E-state index contributed by atoms with van der Waals surface area (Å²) in [6.45, 7) is 0. The van der Waals surface area contributed by atoms with Crippen LogP contribution in [-0.4, -0.2) is 26.1 Å². The number of hydrogen-bond donors (Lipinski definition) is 0. The number of carbonyl (C=O) groups is 1. The molecule has 10 heteroatoms. The molecule has 1 aliphatic carbocycles. The lowest BCUT2D eigenvalue weighted by molar-refractivity contribution is -0.545. The van der Waals surface area contributed by atoms with Crippen molar-refractivity contribution in [3.05, 3.63) is 89.8 Å². The van der Waals surface area contributed by atoms with E-state index in [9.17, 15) is 35.1 Å². The molecule has 0 bridgehead atoms. The molecule has 0 saturated heterocycles. The predicted molar refractivity (Wildman–Crippen MR) is 75.3 cm³/mol. The van der Waals surface area contributed by atoms with Gasteiger partial charge in [0.15, 0.2) is 0 Å². The van der Waals surface area contributed by atoms with Crippen molar-refractivity contribution in [3.63, 3.8) is 0 Å². The van der Waals surface area contributed by atoms with E-state index in [0.29, 0.717) is 12.2 Å². The molecule has 0 fully saturated rings. The van der Waals surface area contributed by atoms with Crippen molar-refractivity contribution < 1.29 is 19.6 Å². The third-order valence-corrected chi connectivity index (χ3v) is 3.35. The highest BCUT2D eigenvalue weighted by Gasteiger charge is 2.56. The van der Waals surface area contributed by atoms with E-state index < -0.39 is 43.9 Å². The largest absolute Gasteiger partial charge is 0.318 e. The van der Waals surface area contributed by atoms with E-state index in [1.54, 1.807) is 6.07 Å². The number of rotatable bonds is 5. The van der Waals surface area contributed by atoms with Crippen LogP contribution in [0.25, 0.3) is 0 Å². The van der Waals surface area contributed by atoms with Crippen molar-refractivity contribution in [2.45, 2.75) is 12.0 Å². The summed E-state index contributed by atoms with van der Waals surface area (Å²) in [6, 6.07) is 7.12. The van der Waals surface area contributed by atoms with Crippen LogP contribution in [0.4, 0.5) is 0 Å². The lowest BCUT2D eigenvalue weighted by Crippen LogP contribution is -2.47. The molecule has 1 aliphatic rings. The smallest absolute Gasteiger partial charge is 0.286 e. The van der Waals surface area contributed by atoms with Gasteiger partial charge in [0.1, 0.15) is 6.42 Å². The van der Waals surface area contributed by atoms with Crippen molar-refractivity contribution >= 4 is 5.78 Å². The molecule has 0 aliphatic heterocycles. The highest BCUT2D eigenvalue weighted by atomic mass is 16.6. The number of carbonyl (C=O) groups excluding carboxylic acids is 1. The van der Waals surface area contributed by atoms with Gasteiger partial charge in [-0.1, -0.05) is 30.3 Å². The van der Waals surface area contributed by atoms with Gasteiger partial charge >= 0.3 is 5.54 Å². The van der Waals surface area contributed by atoms with Gasteiger partial charge in [-0.3, -0.25) is 35.1 Å². The molecule has 0 heterocycles. The van der Waals surface area contributed by atoms with Gasteiger partial charge in [-0.25, -0.2) is 0 Å². The van der Waals surface area contributed by atoms with E-state index in [1.807, 2.05) is 0 Å². The summed E-state index contributed by atoms with van der Waals surface area (Å²) < 4.78 is 0. The summed E-state index contributed by atoms with van der Waals surface area (Å²) in [7, 11) is 0. The van der Waals surface area contributed by atoms with Gasteiger partial charge in [0.05, 0.1) is 22.0 Å². The third-order valence-electron chi connectivity index (χ3n) is 3.35. The minimum absolute atomic E-state index is 0.0623. The Kier molecular flexibility index (Phi) is 3.99. The van der Waals surface area contributed by atoms with Crippen LogP contribution in [0.5, 0.6) is 0 Å². The SMILES string of the molecule is O=C(c1ccccc1)C1([N+](=O)[O-])C=C([N+](=O)[O-])C=C([N+](=O)[O-])C1. The molecule has 23 heavy (non-hydrogen) atoms. The minimum atomic E-state index is -2.58. The summed E-state index contributed by atoms with van der Waals surface area (Å²) in [4.78, 5) is 42.9. The van der Waals surface area contributed by atoms with Crippen LogP contribution in [0.3, 0.4) is 0 Å². The summed E-state index contributed by atoms with van der Waals surface area (Å²) in [5, 5.41) is 33.4. The maximum atomic E-state index is 12.5. The quantitative estimate of drug-likeness (QED) is 0.455. The van der Waals surface area contributed by atoms with Gasteiger partial charge in [-0.05, 0) is 0 Å². The first-order valence-corrected chi connectivity index (χ1v) is 6.24. The molecule has 2 rings (SSSR count). The van der Waals surface area contributed by atoms with Crippen LogP contribution in [-0.2, 0) is 0 Å². The molecule has 118 valence electrons. The molecule has 1 unspecified atom stereocenters. The zero-order valence-corrected chi connectivity index (χ0v) is 11.4. The van der Waals surface area contributed by atoms with Gasteiger partial charge < -0.3 is 0 Å². The van der Waals surface area contributed by atoms with Crippen molar-refractivity contribution in [1.29, 1.82) is 0 Å². The maximum absolute atomic E-state index is 12.5. The molecule has 0 saturated carbocycles. The van der Waals surface area contributed by atoms with E-state index in [-0.39, 0.29) is 5.56 Å². The Morgan fingerprint density at radius 3 is 2.09 bits per heavy atom. The molecule has 1 atom stereocenters. The molecular formula is C13H9N3O7. The maximum Gasteiger partial charge on any atom is 0.318 e. The van der Waals surface area contributed by atoms with Crippen LogP contribution in [0.1, 0.15) is 16.8 Å². The number of nitro groups is 3. The molecule has 0 amide bonds. The zero-order valence-electron chi connectivity index (χ0n) is 11.4. The van der Waals surface area contributed by atoms with Crippen LogP contribution >= 0.6 is 0 Å². The Morgan fingerprint density at radius 1 is 1.00 bits per heavy atom. The molecule has 0 radical (unpaired) electrons. The Bertz CT molecular complexity index is 769. The Balaban J connectivity index is 2.64. The van der Waals surface area contributed by atoms with Gasteiger partial charge in [-0.15, -0.1) is 0 Å². The number of allylic oxidation sites excluding steroid dienone is 1. The summed E-state index contributed by atoms with van der Waals surface area (Å²) in [6.07, 6.45) is 0.327. The fraction of sp³-hybridized carbons (Fsp3) is 0.154. The number of ketones is 1. The van der Waals surface area contributed by atoms with Gasteiger partial charge in [0.25, 0.3) is 11.4 Å². The molecular weight excluding hydrogens is 310 g/mol. The summed E-state index contributed by atoms with van der Waals surface area (Å²) in [5.74, 6) is -1.05. The van der Waals surface area contributed by atoms with E-state index >= 15 is 0 Å². The topological polar surface area (TPSA) is 146 Å². The van der Waals surface area contributed by atoms with Crippen LogP contribution in [0, 0.1) is 30.3 Å². The number of hydrogen-bond acceptors (Lipinski definition) is 7. The average molecular weight is 319 g/mol. The molecule has 0 spiro atoms. The van der Waals surface area contributed by atoms with E-state index in [1.165, 1.54) is 24.3 Å². The fourth-order valence-electron chi connectivity index (χ4n) is 2.24. The lowest BCUT2D eigenvalue weighted by Gasteiger charge is -2.21. The molecule has 1 aromatic carbocycles. The molecule has 10 nitrogen and oxygen atoms in total. The van der Waals surface area contributed by atoms with Gasteiger partial charge in [-0.2, -0.15) is 0 Å². The molecule has 0 aromatic heterocycles. The van der Waals surface area contributed by atoms with Gasteiger partial charge in [0.2, 0.25) is 5.78 Å². The van der Waals surface area contributed by atoms with Crippen LogP contribution in [0.2, 0.25) is 0 Å². The minimum Gasteiger partial charge on any atom is -0.286 e. The normalized spacial score (nSPS) is 20.2. The highest BCUT2D eigenvalue weighted by Crippen LogP contribution is 2.33. The van der Waals surface area contributed by atoms with Crippen molar-refractivity contribution in [3.8, 4) is 0 Å². The Morgan fingerprint density at radius 2 is 1.61 bits per heavy atom. The standard InChI is InChI=1S/C13H9N3O7/c17-12(9-4-2-1-3-5-9)13(16(22)23)7-10(14(18)19)6-11(8-13)15(20)21/h1-7H,8H2.